The maximum Gasteiger partial charge on any atom is 0.328 e. The number of anilines is 2. The summed E-state index contributed by atoms with van der Waals surface area (Å²) in [5.41, 5.74) is 16.6. The SMILES string of the molecule is COC(=O)[C@H](CCCCNC(=O)c1ccc(N=[N+]=[N-])cc1)NC(=O)CC[C@H](NC(=O)CC[C@@H](C)NC(=O)c1ccc(NCc2cnc3nc(N)nc(O)c3n2)cc1)C(=O)O. The van der Waals surface area contributed by atoms with Crippen LogP contribution in [0.4, 0.5) is 17.3 Å². The van der Waals surface area contributed by atoms with E-state index in [9.17, 15) is 39.0 Å². The number of carboxylic acid groups (broad SMARTS) is 1. The minimum Gasteiger partial charge on any atom is -0.492 e. The highest BCUT2D eigenvalue weighted by atomic mass is 16.5. The van der Waals surface area contributed by atoms with Crippen LogP contribution in [-0.2, 0) is 30.5 Å². The number of aliphatic carboxylic acids is 1. The highest BCUT2D eigenvalue weighted by Crippen LogP contribution is 2.19. The molecule has 0 aliphatic heterocycles. The number of hydrogen-bond donors (Lipinski definition) is 8. The average molecular weight is 828 g/mol. The lowest BCUT2D eigenvalue weighted by Crippen LogP contribution is -2.44. The molecule has 316 valence electrons. The molecule has 3 atom stereocenters. The van der Waals surface area contributed by atoms with E-state index in [-0.39, 0.29) is 80.0 Å². The third kappa shape index (κ3) is 14.1. The van der Waals surface area contributed by atoms with E-state index < -0.39 is 41.9 Å². The molecule has 4 aromatic rings. The van der Waals surface area contributed by atoms with Gasteiger partial charge in [-0.2, -0.15) is 9.97 Å². The molecule has 4 amide bonds. The fraction of sp³-hybridized carbons (Fsp3) is 0.368. The fourth-order valence-corrected chi connectivity index (χ4v) is 5.66. The number of ether oxygens (including phenoxy) is 1. The number of aromatic nitrogens is 4. The lowest BCUT2D eigenvalue weighted by Gasteiger charge is -2.19. The van der Waals surface area contributed by atoms with Crippen molar-refractivity contribution in [1.82, 2.24) is 41.2 Å². The first-order chi connectivity index (χ1) is 28.8. The fourth-order valence-electron chi connectivity index (χ4n) is 5.66. The van der Waals surface area contributed by atoms with Crippen LogP contribution in [0, 0.1) is 0 Å². The van der Waals surface area contributed by atoms with Gasteiger partial charge in [-0.25, -0.2) is 19.6 Å². The van der Waals surface area contributed by atoms with Gasteiger partial charge in [-0.15, -0.1) is 0 Å². The van der Waals surface area contributed by atoms with E-state index in [0.717, 1.165) is 0 Å². The number of azide groups is 1. The van der Waals surface area contributed by atoms with Crippen molar-refractivity contribution in [3.8, 4) is 5.88 Å². The summed E-state index contributed by atoms with van der Waals surface area (Å²) in [5, 5.41) is 36.8. The average Bonchev–Trinajstić information content (AvgIpc) is 3.23. The number of amides is 4. The predicted molar refractivity (Wildman–Crippen MR) is 215 cm³/mol. The number of nitrogen functional groups attached to an aromatic ring is 1. The van der Waals surface area contributed by atoms with Crippen LogP contribution in [0.5, 0.6) is 5.88 Å². The Bertz CT molecular complexity index is 2220. The van der Waals surface area contributed by atoms with Crippen molar-refractivity contribution in [2.75, 3.05) is 24.7 Å². The van der Waals surface area contributed by atoms with Gasteiger partial charge in [-0.3, -0.25) is 19.2 Å². The molecule has 2 aromatic carbocycles. The number of unbranched alkanes of at least 4 members (excludes halogenated alkanes) is 1. The number of benzene rings is 2. The standard InChI is InChI=1S/C38H45N13O9/c1-21(44-34(55)23-7-11-24(12-8-23)42-19-26-20-43-32-31(45-26)35(56)49-38(39)48-32)6-16-29(52)46-27(36(57)58)15-17-30(53)47-28(37(59)60-2)5-3-4-18-41-33(54)22-9-13-25(14-10-22)50-51-40/h7-14,20-21,27-28,42H,3-6,15-19H2,1-2H3,(H,41,54)(H,44,55)(H,46,52)(H,47,53)(H,57,58)(H3,39,43,48,49,56)/t21-,27+,28+/m1/s1. The van der Waals surface area contributed by atoms with E-state index in [2.05, 4.69) is 56.5 Å². The number of nitrogens with two attached hydrogens (primary N) is 1. The number of fused-ring (bicyclic) bond motifs is 1. The zero-order chi connectivity index (χ0) is 43.6. The lowest BCUT2D eigenvalue weighted by atomic mass is 10.1. The first-order valence-corrected chi connectivity index (χ1v) is 18.7. The van der Waals surface area contributed by atoms with Gasteiger partial charge >= 0.3 is 11.9 Å². The Morgan fingerprint density at radius 3 is 2.17 bits per heavy atom. The Kier molecular flexibility index (Phi) is 16.8. The Hall–Kier alpha value is -7.61. The summed E-state index contributed by atoms with van der Waals surface area (Å²) in [4.78, 5) is 93.6. The van der Waals surface area contributed by atoms with Gasteiger partial charge < -0.3 is 47.3 Å². The quantitative estimate of drug-likeness (QED) is 0.0186. The topological polar surface area (TPSA) is 339 Å². The van der Waals surface area contributed by atoms with Gasteiger partial charge in [0, 0.05) is 52.8 Å². The molecule has 0 spiro atoms. The third-order valence-corrected chi connectivity index (χ3v) is 8.87. The second kappa shape index (κ2) is 22.4. The second-order valence-electron chi connectivity index (χ2n) is 13.4. The van der Waals surface area contributed by atoms with Crippen LogP contribution in [-0.4, -0.2) is 97.5 Å². The van der Waals surface area contributed by atoms with E-state index in [1.807, 2.05) is 0 Å². The Labute approximate surface area is 342 Å². The van der Waals surface area contributed by atoms with Crippen LogP contribution < -0.4 is 32.3 Å². The minimum atomic E-state index is -1.38. The highest BCUT2D eigenvalue weighted by Gasteiger charge is 2.25. The monoisotopic (exact) mass is 827 g/mol. The van der Waals surface area contributed by atoms with Gasteiger partial charge in [-0.1, -0.05) is 17.2 Å². The van der Waals surface area contributed by atoms with Gasteiger partial charge in [0.1, 0.15) is 12.1 Å². The van der Waals surface area contributed by atoms with Crippen molar-refractivity contribution in [3.05, 3.63) is 82.0 Å². The van der Waals surface area contributed by atoms with Gasteiger partial charge in [0.05, 0.1) is 25.5 Å². The van der Waals surface area contributed by atoms with Crippen molar-refractivity contribution in [1.29, 1.82) is 0 Å². The highest BCUT2D eigenvalue weighted by molar-refractivity contribution is 5.95. The molecule has 2 heterocycles. The molecule has 0 unspecified atom stereocenters. The number of nitrogens with zero attached hydrogens (tertiary/aromatic N) is 7. The number of esters is 1. The van der Waals surface area contributed by atoms with E-state index in [4.69, 9.17) is 16.0 Å². The number of aromatic hydroxyl groups is 1. The normalized spacial score (nSPS) is 12.2. The molecule has 22 heteroatoms. The first-order valence-electron chi connectivity index (χ1n) is 18.7. The molecule has 9 N–H and O–H groups in total. The van der Waals surface area contributed by atoms with Crippen molar-refractivity contribution < 1.29 is 43.7 Å². The number of hydrogen-bond acceptors (Lipinski definition) is 15. The van der Waals surface area contributed by atoms with E-state index in [0.29, 0.717) is 41.0 Å². The molecular formula is C38H45N13O9. The Morgan fingerprint density at radius 2 is 1.50 bits per heavy atom. The van der Waals surface area contributed by atoms with Gasteiger partial charge in [0.25, 0.3) is 11.8 Å². The molecule has 4 rings (SSSR count). The number of carbonyl (C=O) groups is 6. The molecule has 2 aromatic heterocycles. The van der Waals surface area contributed by atoms with Crippen LogP contribution in [0.3, 0.4) is 0 Å². The summed E-state index contributed by atoms with van der Waals surface area (Å²) in [6, 6.07) is 9.80. The number of nitrogens with one attached hydrogen (secondary N) is 5. The predicted octanol–water partition coefficient (Wildman–Crippen LogP) is 2.77. The van der Waals surface area contributed by atoms with Crippen LogP contribution >= 0.6 is 0 Å². The maximum absolute atomic E-state index is 12.8. The molecule has 0 saturated carbocycles. The van der Waals surface area contributed by atoms with Crippen molar-refractivity contribution >= 4 is 64.1 Å². The molecule has 0 fully saturated rings. The first kappa shape index (κ1) is 45.1. The van der Waals surface area contributed by atoms with Crippen molar-refractivity contribution in [2.45, 2.75) is 76.5 Å². The van der Waals surface area contributed by atoms with Crippen LogP contribution in [0.2, 0.25) is 0 Å². The van der Waals surface area contributed by atoms with Crippen LogP contribution in [0.15, 0.2) is 59.8 Å². The largest absolute Gasteiger partial charge is 0.492 e. The smallest absolute Gasteiger partial charge is 0.328 e. The van der Waals surface area contributed by atoms with E-state index in [1.165, 1.54) is 37.6 Å². The summed E-state index contributed by atoms with van der Waals surface area (Å²) in [5.74, 6) is -4.48. The molecule has 0 aliphatic rings. The molecule has 22 nitrogen and oxygen atoms in total. The van der Waals surface area contributed by atoms with E-state index in [1.54, 1.807) is 31.2 Å². The van der Waals surface area contributed by atoms with Gasteiger partial charge in [-0.05, 0) is 81.0 Å². The second-order valence-corrected chi connectivity index (χ2v) is 13.4. The molecule has 0 saturated heterocycles. The molecule has 0 bridgehead atoms. The molecular weight excluding hydrogens is 782 g/mol. The molecule has 0 aliphatic carbocycles. The van der Waals surface area contributed by atoms with Crippen LogP contribution in [0.25, 0.3) is 21.6 Å². The Balaban J connectivity index is 1.14. The number of rotatable bonds is 22. The number of methoxy groups -OCH3 is 1. The maximum atomic E-state index is 12.8. The summed E-state index contributed by atoms with van der Waals surface area (Å²) in [6.45, 7) is 2.23. The van der Waals surface area contributed by atoms with Gasteiger partial charge in [0.2, 0.25) is 23.6 Å². The summed E-state index contributed by atoms with van der Waals surface area (Å²) < 4.78 is 4.80. The molecule has 0 radical (unpaired) electrons. The lowest BCUT2D eigenvalue weighted by molar-refractivity contribution is -0.145. The Morgan fingerprint density at radius 1 is 0.850 bits per heavy atom. The van der Waals surface area contributed by atoms with Crippen molar-refractivity contribution in [3.63, 3.8) is 0 Å². The summed E-state index contributed by atoms with van der Waals surface area (Å²) in [7, 11) is 1.17. The van der Waals surface area contributed by atoms with E-state index >= 15 is 0 Å². The van der Waals surface area contributed by atoms with Crippen LogP contribution in [0.1, 0.15) is 78.3 Å². The van der Waals surface area contributed by atoms with Crippen molar-refractivity contribution in [2.24, 2.45) is 5.11 Å². The third-order valence-electron chi connectivity index (χ3n) is 8.87. The number of carboxylic acids is 1. The number of carbonyl (C=O) groups excluding carboxylic acids is 5. The van der Waals surface area contributed by atoms with Gasteiger partial charge in [0.15, 0.2) is 11.2 Å². The zero-order valence-corrected chi connectivity index (χ0v) is 32.8. The zero-order valence-electron chi connectivity index (χ0n) is 32.8. The molecule has 60 heavy (non-hydrogen) atoms. The minimum absolute atomic E-state index is 0.107. The summed E-state index contributed by atoms with van der Waals surface area (Å²) in [6.07, 6.45) is 2.09. The summed E-state index contributed by atoms with van der Waals surface area (Å²) >= 11 is 0.